The number of benzene rings is 1. The Bertz CT molecular complexity index is 874. The standard InChI is InChI=1S/C18H18BrN3O/c1-12(2)15(19)17-21-16-14(9-6-10-20-16)18(23)22(17)11-13-7-4-3-5-8-13/h3-10,12,15H,11H2,1-2H3. The molecule has 0 bridgehead atoms. The summed E-state index contributed by atoms with van der Waals surface area (Å²) in [6, 6.07) is 13.5. The molecule has 0 aliphatic rings. The van der Waals surface area contributed by atoms with E-state index in [-0.39, 0.29) is 10.4 Å². The van der Waals surface area contributed by atoms with Crippen LogP contribution in [0.4, 0.5) is 0 Å². The van der Waals surface area contributed by atoms with Gasteiger partial charge in [0, 0.05) is 6.20 Å². The van der Waals surface area contributed by atoms with Crippen molar-refractivity contribution in [3.05, 3.63) is 70.4 Å². The lowest BCUT2D eigenvalue weighted by molar-refractivity contribution is 0.568. The Morgan fingerprint density at radius 1 is 1.13 bits per heavy atom. The molecule has 0 aliphatic heterocycles. The third-order valence-electron chi connectivity index (χ3n) is 3.77. The second kappa shape index (κ2) is 6.62. The summed E-state index contributed by atoms with van der Waals surface area (Å²) in [5.41, 5.74) is 1.53. The molecule has 1 atom stereocenters. The summed E-state index contributed by atoms with van der Waals surface area (Å²) in [5.74, 6) is 1.03. The van der Waals surface area contributed by atoms with Gasteiger partial charge in [-0.05, 0) is 23.6 Å². The van der Waals surface area contributed by atoms with Gasteiger partial charge in [0.05, 0.1) is 16.8 Å². The average Bonchev–Trinajstić information content (AvgIpc) is 2.57. The van der Waals surface area contributed by atoms with Crippen LogP contribution < -0.4 is 5.56 Å². The van der Waals surface area contributed by atoms with Crippen molar-refractivity contribution >= 4 is 27.0 Å². The Morgan fingerprint density at radius 3 is 2.57 bits per heavy atom. The molecule has 0 amide bonds. The van der Waals surface area contributed by atoms with Gasteiger partial charge in [0.15, 0.2) is 5.65 Å². The van der Waals surface area contributed by atoms with Crippen molar-refractivity contribution in [1.29, 1.82) is 0 Å². The highest BCUT2D eigenvalue weighted by molar-refractivity contribution is 9.09. The van der Waals surface area contributed by atoms with Crippen LogP contribution in [-0.4, -0.2) is 14.5 Å². The van der Waals surface area contributed by atoms with Crippen molar-refractivity contribution in [3.63, 3.8) is 0 Å². The van der Waals surface area contributed by atoms with E-state index in [4.69, 9.17) is 0 Å². The summed E-state index contributed by atoms with van der Waals surface area (Å²) in [6.45, 7) is 4.70. The zero-order valence-electron chi connectivity index (χ0n) is 13.1. The molecule has 1 unspecified atom stereocenters. The van der Waals surface area contributed by atoms with Crippen molar-refractivity contribution in [2.24, 2.45) is 5.92 Å². The summed E-state index contributed by atoms with van der Waals surface area (Å²) < 4.78 is 1.75. The van der Waals surface area contributed by atoms with Crippen molar-refractivity contribution in [2.45, 2.75) is 25.2 Å². The van der Waals surface area contributed by atoms with Crippen LogP contribution in [0.15, 0.2) is 53.5 Å². The molecule has 0 spiro atoms. The van der Waals surface area contributed by atoms with E-state index in [1.54, 1.807) is 22.9 Å². The van der Waals surface area contributed by atoms with Crippen LogP contribution in [0, 0.1) is 5.92 Å². The number of halogens is 1. The summed E-state index contributed by atoms with van der Waals surface area (Å²) in [6.07, 6.45) is 1.67. The second-order valence-corrected chi connectivity index (χ2v) is 6.85. The maximum atomic E-state index is 12.9. The van der Waals surface area contributed by atoms with Crippen LogP contribution in [0.1, 0.15) is 30.1 Å². The fraction of sp³-hybridized carbons (Fsp3) is 0.278. The zero-order valence-corrected chi connectivity index (χ0v) is 14.7. The number of nitrogens with zero attached hydrogens (tertiary/aromatic N) is 3. The van der Waals surface area contributed by atoms with Gasteiger partial charge < -0.3 is 0 Å². The first-order valence-corrected chi connectivity index (χ1v) is 8.53. The number of hydrogen-bond acceptors (Lipinski definition) is 3. The second-order valence-electron chi connectivity index (χ2n) is 5.87. The summed E-state index contributed by atoms with van der Waals surface area (Å²) >= 11 is 3.68. The quantitative estimate of drug-likeness (QED) is 0.652. The topological polar surface area (TPSA) is 47.8 Å². The monoisotopic (exact) mass is 371 g/mol. The number of pyridine rings is 1. The number of rotatable bonds is 4. The van der Waals surface area contributed by atoms with Crippen LogP contribution in [-0.2, 0) is 6.54 Å². The lowest BCUT2D eigenvalue weighted by Gasteiger charge is -2.19. The van der Waals surface area contributed by atoms with Gasteiger partial charge >= 0.3 is 0 Å². The maximum Gasteiger partial charge on any atom is 0.263 e. The van der Waals surface area contributed by atoms with Gasteiger partial charge in [0.25, 0.3) is 5.56 Å². The van der Waals surface area contributed by atoms with Gasteiger partial charge in [0.2, 0.25) is 0 Å². The minimum absolute atomic E-state index is 0.00896. The van der Waals surface area contributed by atoms with Gasteiger partial charge in [0.1, 0.15) is 5.82 Å². The van der Waals surface area contributed by atoms with Crippen LogP contribution >= 0.6 is 15.9 Å². The lowest BCUT2D eigenvalue weighted by atomic mass is 10.1. The predicted octanol–water partition coefficient (Wildman–Crippen LogP) is 3.93. The Labute approximate surface area is 143 Å². The van der Waals surface area contributed by atoms with Gasteiger partial charge in [-0.3, -0.25) is 9.36 Å². The highest BCUT2D eigenvalue weighted by atomic mass is 79.9. The third kappa shape index (κ3) is 3.20. The van der Waals surface area contributed by atoms with E-state index in [0.717, 1.165) is 11.4 Å². The first kappa shape index (κ1) is 15.9. The Balaban J connectivity index is 2.22. The van der Waals surface area contributed by atoms with Gasteiger partial charge in [-0.2, -0.15) is 0 Å². The van der Waals surface area contributed by atoms with E-state index in [9.17, 15) is 4.79 Å². The van der Waals surface area contributed by atoms with Crippen molar-refractivity contribution in [2.75, 3.05) is 0 Å². The number of fused-ring (bicyclic) bond motifs is 1. The highest BCUT2D eigenvalue weighted by Gasteiger charge is 2.21. The molecule has 1 aromatic carbocycles. The minimum Gasteiger partial charge on any atom is -0.291 e. The minimum atomic E-state index is -0.0490. The van der Waals surface area contributed by atoms with Crippen LogP contribution in [0.5, 0.6) is 0 Å². The van der Waals surface area contributed by atoms with E-state index in [1.165, 1.54) is 0 Å². The van der Waals surface area contributed by atoms with E-state index in [2.05, 4.69) is 39.7 Å². The van der Waals surface area contributed by atoms with Crippen LogP contribution in [0.3, 0.4) is 0 Å². The normalized spacial score (nSPS) is 12.7. The fourth-order valence-corrected chi connectivity index (χ4v) is 2.85. The van der Waals surface area contributed by atoms with Gasteiger partial charge in [-0.25, -0.2) is 9.97 Å². The smallest absolute Gasteiger partial charge is 0.263 e. The lowest BCUT2D eigenvalue weighted by Crippen LogP contribution is -2.28. The van der Waals surface area contributed by atoms with Crippen LogP contribution in [0.25, 0.3) is 11.0 Å². The Kier molecular flexibility index (Phi) is 4.57. The first-order valence-electron chi connectivity index (χ1n) is 7.61. The van der Waals surface area contributed by atoms with Crippen molar-refractivity contribution in [1.82, 2.24) is 14.5 Å². The molecule has 0 aliphatic carbocycles. The molecule has 0 saturated heterocycles. The summed E-state index contributed by atoms with van der Waals surface area (Å²) in [7, 11) is 0. The Hall–Kier alpha value is -2.01. The zero-order chi connectivity index (χ0) is 16.4. The predicted molar refractivity (Wildman–Crippen MR) is 95.8 cm³/mol. The van der Waals surface area contributed by atoms with E-state index in [0.29, 0.717) is 23.5 Å². The molecule has 4 nitrogen and oxygen atoms in total. The number of aromatic nitrogens is 3. The molecule has 0 N–H and O–H groups in total. The third-order valence-corrected chi connectivity index (χ3v) is 5.24. The number of alkyl halides is 1. The highest BCUT2D eigenvalue weighted by Crippen LogP contribution is 2.29. The van der Waals surface area contributed by atoms with E-state index < -0.39 is 0 Å². The molecular formula is C18H18BrN3O. The van der Waals surface area contributed by atoms with Gasteiger partial charge in [-0.15, -0.1) is 0 Å². The average molecular weight is 372 g/mol. The molecule has 23 heavy (non-hydrogen) atoms. The maximum absolute atomic E-state index is 12.9. The van der Waals surface area contributed by atoms with Crippen LogP contribution in [0.2, 0.25) is 0 Å². The van der Waals surface area contributed by atoms with E-state index in [1.807, 2.05) is 30.3 Å². The molecule has 3 aromatic rings. The molecule has 0 radical (unpaired) electrons. The molecule has 2 heterocycles. The molecule has 2 aromatic heterocycles. The largest absolute Gasteiger partial charge is 0.291 e. The molecular weight excluding hydrogens is 354 g/mol. The summed E-state index contributed by atoms with van der Waals surface area (Å²) in [4.78, 5) is 21.8. The number of hydrogen-bond donors (Lipinski definition) is 0. The van der Waals surface area contributed by atoms with Gasteiger partial charge in [-0.1, -0.05) is 60.1 Å². The molecule has 118 valence electrons. The molecule has 0 fully saturated rings. The van der Waals surface area contributed by atoms with E-state index >= 15 is 0 Å². The molecule has 5 heteroatoms. The van der Waals surface area contributed by atoms with Crippen molar-refractivity contribution < 1.29 is 0 Å². The fourth-order valence-electron chi connectivity index (χ4n) is 2.50. The first-order chi connectivity index (χ1) is 11.1. The SMILES string of the molecule is CC(C)C(Br)c1nc2ncccc2c(=O)n1Cc1ccccc1. The Morgan fingerprint density at radius 2 is 1.87 bits per heavy atom. The van der Waals surface area contributed by atoms with Crippen molar-refractivity contribution in [3.8, 4) is 0 Å². The summed E-state index contributed by atoms with van der Waals surface area (Å²) in [5, 5.41) is 0.552. The molecule has 3 rings (SSSR count). The molecule has 0 saturated carbocycles.